The number of H-pyrrole nitrogens is 1. The van der Waals surface area contributed by atoms with Crippen LogP contribution in [-0.4, -0.2) is 27.1 Å². The molecular weight excluding hydrogens is 314 g/mol. The predicted octanol–water partition coefficient (Wildman–Crippen LogP) is 0.986. The van der Waals surface area contributed by atoms with Gasteiger partial charge in [0.2, 0.25) is 5.91 Å². The van der Waals surface area contributed by atoms with Gasteiger partial charge in [0.1, 0.15) is 0 Å². The van der Waals surface area contributed by atoms with Crippen molar-refractivity contribution in [2.24, 2.45) is 0 Å². The van der Waals surface area contributed by atoms with Gasteiger partial charge in [-0.1, -0.05) is 30.3 Å². The zero-order valence-electron chi connectivity index (χ0n) is 12.6. The number of hydrogen-bond donors (Lipinski definition) is 4. The van der Waals surface area contributed by atoms with E-state index in [2.05, 4.69) is 26.4 Å². The monoisotopic (exact) mass is 331 g/mol. The van der Waals surface area contributed by atoms with E-state index in [9.17, 15) is 9.59 Å². The minimum absolute atomic E-state index is 0.0312. The van der Waals surface area contributed by atoms with E-state index in [1.54, 1.807) is 13.0 Å². The molecule has 1 heterocycles. The maximum absolute atomic E-state index is 11.8. The van der Waals surface area contributed by atoms with Crippen LogP contribution in [0.1, 0.15) is 28.2 Å². The summed E-state index contributed by atoms with van der Waals surface area (Å²) in [6, 6.07) is 11.3. The SMILES string of the molecule is Cc1cc(C(=O)NNC(=S)NC(=O)CCc2ccccc2)n[nH]1. The van der Waals surface area contributed by atoms with Gasteiger partial charge in [0.15, 0.2) is 10.8 Å². The molecule has 0 spiro atoms. The third-order valence-electron chi connectivity index (χ3n) is 2.96. The summed E-state index contributed by atoms with van der Waals surface area (Å²) in [4.78, 5) is 23.5. The van der Waals surface area contributed by atoms with Gasteiger partial charge in [0, 0.05) is 12.1 Å². The molecule has 0 fully saturated rings. The lowest BCUT2D eigenvalue weighted by Crippen LogP contribution is -2.48. The molecule has 2 amide bonds. The Morgan fingerprint density at radius 3 is 2.61 bits per heavy atom. The Balaban J connectivity index is 1.69. The molecule has 4 N–H and O–H groups in total. The topological polar surface area (TPSA) is 98.9 Å². The summed E-state index contributed by atoms with van der Waals surface area (Å²) in [6.07, 6.45) is 0.923. The van der Waals surface area contributed by atoms with Crippen molar-refractivity contribution in [1.82, 2.24) is 26.4 Å². The molecule has 0 radical (unpaired) electrons. The van der Waals surface area contributed by atoms with Crippen LogP contribution in [0.15, 0.2) is 36.4 Å². The van der Waals surface area contributed by atoms with E-state index in [0.717, 1.165) is 11.3 Å². The van der Waals surface area contributed by atoms with E-state index in [1.807, 2.05) is 30.3 Å². The van der Waals surface area contributed by atoms with Gasteiger partial charge in [-0.2, -0.15) is 5.10 Å². The average Bonchev–Trinajstić information content (AvgIpc) is 2.98. The second kappa shape index (κ2) is 8.04. The Hall–Kier alpha value is -2.74. The Morgan fingerprint density at radius 1 is 1.22 bits per heavy atom. The smallest absolute Gasteiger partial charge is 0.290 e. The van der Waals surface area contributed by atoms with Gasteiger partial charge in [-0.05, 0) is 37.2 Å². The Bertz CT molecular complexity index is 699. The summed E-state index contributed by atoms with van der Waals surface area (Å²) in [5.74, 6) is -0.675. The van der Waals surface area contributed by atoms with Gasteiger partial charge in [0.05, 0.1) is 0 Å². The largest absolute Gasteiger partial charge is 0.302 e. The molecule has 23 heavy (non-hydrogen) atoms. The summed E-state index contributed by atoms with van der Waals surface area (Å²) in [5.41, 5.74) is 6.90. The van der Waals surface area contributed by atoms with Crippen LogP contribution in [0, 0.1) is 6.92 Å². The molecular formula is C15H17N5O2S. The number of hydrazine groups is 1. The minimum Gasteiger partial charge on any atom is -0.302 e. The molecule has 0 saturated heterocycles. The summed E-state index contributed by atoms with van der Waals surface area (Å²) in [7, 11) is 0. The highest BCUT2D eigenvalue weighted by Crippen LogP contribution is 2.02. The van der Waals surface area contributed by atoms with E-state index in [1.165, 1.54) is 0 Å². The second-order valence-corrected chi connectivity index (χ2v) is 5.29. The van der Waals surface area contributed by atoms with Crippen molar-refractivity contribution in [3.05, 3.63) is 53.3 Å². The fourth-order valence-electron chi connectivity index (χ4n) is 1.83. The van der Waals surface area contributed by atoms with Crippen molar-refractivity contribution in [2.75, 3.05) is 0 Å². The Labute approximate surface area is 138 Å². The van der Waals surface area contributed by atoms with Crippen molar-refractivity contribution in [3.8, 4) is 0 Å². The van der Waals surface area contributed by atoms with E-state index in [4.69, 9.17) is 12.2 Å². The van der Waals surface area contributed by atoms with Crippen LogP contribution in [0.3, 0.4) is 0 Å². The number of rotatable bonds is 4. The molecule has 0 atom stereocenters. The summed E-state index contributed by atoms with van der Waals surface area (Å²) >= 11 is 4.95. The third kappa shape index (κ3) is 5.51. The first-order valence-electron chi connectivity index (χ1n) is 7.00. The van der Waals surface area contributed by atoms with Gasteiger partial charge < -0.3 is 5.32 Å². The van der Waals surface area contributed by atoms with Crippen LogP contribution < -0.4 is 16.2 Å². The molecule has 0 aliphatic heterocycles. The van der Waals surface area contributed by atoms with Gasteiger partial charge in [-0.3, -0.25) is 25.5 Å². The molecule has 1 aromatic heterocycles. The predicted molar refractivity (Wildman–Crippen MR) is 89.4 cm³/mol. The number of thiocarbonyl (C=S) groups is 1. The molecule has 0 aliphatic carbocycles. The standard InChI is InChI=1S/C15H17N5O2S/c1-10-9-12(18-17-10)14(22)19-20-15(23)16-13(21)8-7-11-5-3-2-4-6-11/h2-6,9H,7-8H2,1H3,(H,17,18)(H,19,22)(H2,16,20,21,23). The van der Waals surface area contributed by atoms with E-state index >= 15 is 0 Å². The number of hydrogen-bond acceptors (Lipinski definition) is 4. The van der Waals surface area contributed by atoms with Crippen LogP contribution in [0.4, 0.5) is 0 Å². The highest BCUT2D eigenvalue weighted by atomic mass is 32.1. The van der Waals surface area contributed by atoms with Crippen molar-refractivity contribution >= 4 is 29.1 Å². The molecule has 2 rings (SSSR count). The van der Waals surface area contributed by atoms with Crippen molar-refractivity contribution in [3.63, 3.8) is 0 Å². The molecule has 120 valence electrons. The van der Waals surface area contributed by atoms with Crippen molar-refractivity contribution < 1.29 is 9.59 Å². The van der Waals surface area contributed by atoms with E-state index in [0.29, 0.717) is 12.8 Å². The van der Waals surface area contributed by atoms with Gasteiger partial charge >= 0.3 is 0 Å². The maximum atomic E-state index is 11.8. The van der Waals surface area contributed by atoms with Crippen LogP contribution in [0.5, 0.6) is 0 Å². The first kappa shape index (κ1) is 16.6. The minimum atomic E-state index is -0.449. The molecule has 1 aromatic carbocycles. The van der Waals surface area contributed by atoms with Crippen molar-refractivity contribution in [2.45, 2.75) is 19.8 Å². The van der Waals surface area contributed by atoms with E-state index < -0.39 is 5.91 Å². The van der Waals surface area contributed by atoms with Crippen LogP contribution in [-0.2, 0) is 11.2 Å². The molecule has 0 bridgehead atoms. The number of aryl methyl sites for hydroxylation is 2. The molecule has 0 aliphatic rings. The summed E-state index contributed by atoms with van der Waals surface area (Å²) in [5, 5.41) is 9.00. The summed E-state index contributed by atoms with van der Waals surface area (Å²) < 4.78 is 0. The van der Waals surface area contributed by atoms with E-state index in [-0.39, 0.29) is 16.7 Å². The number of aromatic amines is 1. The molecule has 7 nitrogen and oxygen atoms in total. The molecule has 0 saturated carbocycles. The zero-order valence-corrected chi connectivity index (χ0v) is 13.4. The quantitative estimate of drug-likeness (QED) is 0.495. The van der Waals surface area contributed by atoms with Crippen LogP contribution >= 0.6 is 12.2 Å². The van der Waals surface area contributed by atoms with Crippen LogP contribution in [0.2, 0.25) is 0 Å². The average molecular weight is 331 g/mol. The van der Waals surface area contributed by atoms with Gasteiger partial charge in [0.25, 0.3) is 5.91 Å². The number of carbonyl (C=O) groups is 2. The number of aromatic nitrogens is 2. The van der Waals surface area contributed by atoms with Gasteiger partial charge in [-0.25, -0.2) is 0 Å². The third-order valence-corrected chi connectivity index (χ3v) is 3.17. The number of nitrogens with zero attached hydrogens (tertiary/aromatic N) is 1. The zero-order chi connectivity index (χ0) is 16.7. The van der Waals surface area contributed by atoms with Crippen molar-refractivity contribution in [1.29, 1.82) is 0 Å². The molecule has 8 heteroatoms. The first-order chi connectivity index (χ1) is 11.0. The number of benzene rings is 1. The highest BCUT2D eigenvalue weighted by molar-refractivity contribution is 7.80. The summed E-state index contributed by atoms with van der Waals surface area (Å²) in [6.45, 7) is 1.79. The van der Waals surface area contributed by atoms with Crippen LogP contribution in [0.25, 0.3) is 0 Å². The maximum Gasteiger partial charge on any atom is 0.290 e. The number of amides is 2. The highest BCUT2D eigenvalue weighted by Gasteiger charge is 2.10. The second-order valence-electron chi connectivity index (χ2n) is 4.88. The van der Waals surface area contributed by atoms with Gasteiger partial charge in [-0.15, -0.1) is 0 Å². The number of nitrogens with one attached hydrogen (secondary N) is 4. The molecule has 2 aromatic rings. The number of carbonyl (C=O) groups excluding carboxylic acids is 2. The first-order valence-corrected chi connectivity index (χ1v) is 7.41. The lowest BCUT2D eigenvalue weighted by Gasteiger charge is -2.09. The Morgan fingerprint density at radius 2 is 1.96 bits per heavy atom. The lowest BCUT2D eigenvalue weighted by molar-refractivity contribution is -0.119. The normalized spacial score (nSPS) is 9.96. The lowest BCUT2D eigenvalue weighted by atomic mass is 10.1. The fraction of sp³-hybridized carbons (Fsp3) is 0.200. The Kier molecular flexibility index (Phi) is 5.81. The molecule has 0 unspecified atom stereocenters. The fourth-order valence-corrected chi connectivity index (χ4v) is 2.00.